The van der Waals surface area contributed by atoms with Gasteiger partial charge in [-0.05, 0) is 24.6 Å². The summed E-state index contributed by atoms with van der Waals surface area (Å²) in [5.74, 6) is -0.995. The predicted molar refractivity (Wildman–Crippen MR) is 54.8 cm³/mol. The highest BCUT2D eigenvalue weighted by molar-refractivity contribution is 5.89. The summed E-state index contributed by atoms with van der Waals surface area (Å²) >= 11 is 0. The second-order valence-electron chi connectivity index (χ2n) is 3.81. The molecule has 1 fully saturated rings. The first-order chi connectivity index (χ1) is 7.13. The van der Waals surface area contributed by atoms with Gasteiger partial charge < -0.3 is 15.5 Å². The highest BCUT2D eigenvalue weighted by Gasteiger charge is 2.35. The monoisotopic (exact) mass is 207 g/mol. The van der Waals surface area contributed by atoms with Crippen LogP contribution in [0, 0.1) is 0 Å². The first kappa shape index (κ1) is 10.1. The lowest BCUT2D eigenvalue weighted by atomic mass is 9.89. The van der Waals surface area contributed by atoms with Crippen molar-refractivity contribution in [3.63, 3.8) is 0 Å². The summed E-state index contributed by atoms with van der Waals surface area (Å²) in [6, 6.07) is 6.61. The molecule has 0 amide bonds. The summed E-state index contributed by atoms with van der Waals surface area (Å²) < 4.78 is 0. The van der Waals surface area contributed by atoms with Gasteiger partial charge >= 0.3 is 5.97 Å². The van der Waals surface area contributed by atoms with Crippen molar-refractivity contribution < 1.29 is 15.0 Å². The highest BCUT2D eigenvalue weighted by Crippen LogP contribution is 2.30. The number of hydrogen-bond acceptors (Lipinski definition) is 3. The van der Waals surface area contributed by atoms with Crippen LogP contribution in [0.5, 0.6) is 0 Å². The second-order valence-corrected chi connectivity index (χ2v) is 3.81. The van der Waals surface area contributed by atoms with Gasteiger partial charge in [0.05, 0.1) is 5.56 Å². The van der Waals surface area contributed by atoms with E-state index in [0.717, 1.165) is 0 Å². The third-order valence-electron chi connectivity index (χ3n) is 2.79. The molecule has 1 unspecified atom stereocenters. The molecule has 0 bridgehead atoms. The number of hydrogen-bond donors (Lipinski definition) is 3. The van der Waals surface area contributed by atoms with Crippen LogP contribution in [0.3, 0.4) is 0 Å². The van der Waals surface area contributed by atoms with Gasteiger partial charge in [0, 0.05) is 6.54 Å². The first-order valence-corrected chi connectivity index (χ1v) is 4.89. The Morgan fingerprint density at radius 3 is 2.73 bits per heavy atom. The summed E-state index contributed by atoms with van der Waals surface area (Å²) in [6.07, 6.45) is 0.553. The molecule has 4 nitrogen and oxygen atoms in total. The van der Waals surface area contributed by atoms with Gasteiger partial charge in [0.15, 0.2) is 0 Å². The molecular formula is C11H13NO3. The van der Waals surface area contributed by atoms with Gasteiger partial charge in [-0.3, -0.25) is 0 Å². The third kappa shape index (κ3) is 1.73. The largest absolute Gasteiger partial charge is 0.478 e. The molecule has 3 N–H and O–H groups in total. The molecule has 0 saturated carbocycles. The van der Waals surface area contributed by atoms with Crippen molar-refractivity contribution in [1.29, 1.82) is 0 Å². The van der Waals surface area contributed by atoms with Crippen LogP contribution in [-0.2, 0) is 5.60 Å². The topological polar surface area (TPSA) is 69.6 Å². The molecule has 1 atom stereocenters. The van der Waals surface area contributed by atoms with Crippen LogP contribution >= 0.6 is 0 Å². The molecule has 1 aromatic carbocycles. The van der Waals surface area contributed by atoms with Gasteiger partial charge in [0.1, 0.15) is 5.60 Å². The minimum absolute atomic E-state index is 0.184. The lowest BCUT2D eigenvalue weighted by molar-refractivity contribution is 0.0527. The van der Waals surface area contributed by atoms with E-state index < -0.39 is 11.6 Å². The average Bonchev–Trinajstić information content (AvgIpc) is 2.66. The number of rotatable bonds is 2. The van der Waals surface area contributed by atoms with E-state index in [1.54, 1.807) is 18.2 Å². The Bertz CT molecular complexity index is 383. The fourth-order valence-corrected chi connectivity index (χ4v) is 1.98. The van der Waals surface area contributed by atoms with Crippen molar-refractivity contribution in [2.24, 2.45) is 0 Å². The highest BCUT2D eigenvalue weighted by atomic mass is 16.4. The molecule has 2 rings (SSSR count). The van der Waals surface area contributed by atoms with Crippen molar-refractivity contribution in [2.45, 2.75) is 12.0 Å². The Morgan fingerprint density at radius 2 is 2.13 bits per heavy atom. The molecule has 0 spiro atoms. The number of β-amino-alcohol motifs (C(OH)–C–C–N with tert-alkyl or cyclic N) is 1. The van der Waals surface area contributed by atoms with Gasteiger partial charge in [-0.25, -0.2) is 4.79 Å². The van der Waals surface area contributed by atoms with Gasteiger partial charge in [0.2, 0.25) is 0 Å². The van der Waals surface area contributed by atoms with Crippen LogP contribution in [0.4, 0.5) is 0 Å². The summed E-state index contributed by atoms with van der Waals surface area (Å²) in [5, 5.41) is 22.3. The Hall–Kier alpha value is -1.39. The molecule has 0 aliphatic carbocycles. The number of benzene rings is 1. The van der Waals surface area contributed by atoms with E-state index in [-0.39, 0.29) is 5.56 Å². The summed E-state index contributed by atoms with van der Waals surface area (Å²) in [7, 11) is 0. The normalized spacial score (nSPS) is 25.4. The van der Waals surface area contributed by atoms with E-state index in [1.807, 2.05) is 0 Å². The second kappa shape index (κ2) is 3.64. The van der Waals surface area contributed by atoms with E-state index in [4.69, 9.17) is 5.11 Å². The van der Waals surface area contributed by atoms with Crippen LogP contribution in [0.1, 0.15) is 22.3 Å². The molecule has 1 saturated heterocycles. The van der Waals surface area contributed by atoms with Crippen molar-refractivity contribution in [3.05, 3.63) is 35.4 Å². The quantitative estimate of drug-likeness (QED) is 0.663. The first-order valence-electron chi connectivity index (χ1n) is 4.89. The molecule has 0 radical (unpaired) electrons. The van der Waals surface area contributed by atoms with Crippen molar-refractivity contribution in [2.75, 3.05) is 13.1 Å². The maximum atomic E-state index is 11.0. The number of aromatic carboxylic acids is 1. The fraction of sp³-hybridized carbons (Fsp3) is 0.364. The maximum absolute atomic E-state index is 11.0. The van der Waals surface area contributed by atoms with Crippen LogP contribution in [0.25, 0.3) is 0 Å². The number of carboxylic acids is 1. The van der Waals surface area contributed by atoms with E-state index in [2.05, 4.69) is 5.32 Å². The van der Waals surface area contributed by atoms with Crippen LogP contribution in [-0.4, -0.2) is 29.3 Å². The molecular weight excluding hydrogens is 194 g/mol. The van der Waals surface area contributed by atoms with Crippen LogP contribution in [0.2, 0.25) is 0 Å². The standard InChI is InChI=1S/C11H13NO3/c13-10(14)8-3-1-2-4-9(8)11(15)5-6-12-7-11/h1-4,12,15H,5-7H2,(H,13,14). The predicted octanol–water partition coefficient (Wildman–Crippen LogP) is 0.566. The molecule has 80 valence electrons. The molecule has 4 heteroatoms. The zero-order valence-corrected chi connectivity index (χ0v) is 8.23. The Labute approximate surface area is 87.6 Å². The summed E-state index contributed by atoms with van der Waals surface area (Å²) in [5.41, 5.74) is -0.346. The average molecular weight is 207 g/mol. The zero-order valence-electron chi connectivity index (χ0n) is 8.23. The zero-order chi connectivity index (χ0) is 10.9. The Balaban J connectivity index is 2.47. The molecule has 15 heavy (non-hydrogen) atoms. The van der Waals surface area contributed by atoms with E-state index >= 15 is 0 Å². The van der Waals surface area contributed by atoms with Gasteiger partial charge in [0.25, 0.3) is 0 Å². The number of aliphatic hydroxyl groups is 1. The molecule has 1 heterocycles. The van der Waals surface area contributed by atoms with Gasteiger partial charge in [-0.15, -0.1) is 0 Å². The van der Waals surface area contributed by atoms with E-state index in [0.29, 0.717) is 25.1 Å². The molecule has 1 aliphatic rings. The van der Waals surface area contributed by atoms with Crippen LogP contribution in [0.15, 0.2) is 24.3 Å². The SMILES string of the molecule is O=C(O)c1ccccc1C1(O)CCNC1. The smallest absolute Gasteiger partial charge is 0.336 e. The molecule has 1 aromatic rings. The number of nitrogens with one attached hydrogen (secondary N) is 1. The lowest BCUT2D eigenvalue weighted by Gasteiger charge is -2.23. The Morgan fingerprint density at radius 1 is 1.40 bits per heavy atom. The van der Waals surface area contributed by atoms with E-state index in [9.17, 15) is 9.90 Å². The summed E-state index contributed by atoms with van der Waals surface area (Å²) in [6.45, 7) is 1.13. The van der Waals surface area contributed by atoms with Crippen molar-refractivity contribution >= 4 is 5.97 Å². The number of carboxylic acid groups (broad SMARTS) is 1. The fourth-order valence-electron chi connectivity index (χ4n) is 1.98. The summed E-state index contributed by atoms with van der Waals surface area (Å²) in [4.78, 5) is 11.0. The van der Waals surface area contributed by atoms with Crippen molar-refractivity contribution in [1.82, 2.24) is 5.32 Å². The van der Waals surface area contributed by atoms with Gasteiger partial charge in [-0.1, -0.05) is 18.2 Å². The third-order valence-corrected chi connectivity index (χ3v) is 2.79. The molecule has 1 aliphatic heterocycles. The molecule has 0 aromatic heterocycles. The minimum Gasteiger partial charge on any atom is -0.478 e. The van der Waals surface area contributed by atoms with Crippen molar-refractivity contribution in [3.8, 4) is 0 Å². The lowest BCUT2D eigenvalue weighted by Crippen LogP contribution is -2.30. The van der Waals surface area contributed by atoms with Crippen LogP contribution < -0.4 is 5.32 Å². The maximum Gasteiger partial charge on any atom is 0.336 e. The van der Waals surface area contributed by atoms with Gasteiger partial charge in [-0.2, -0.15) is 0 Å². The number of carbonyl (C=O) groups is 1. The van der Waals surface area contributed by atoms with E-state index in [1.165, 1.54) is 6.07 Å². The minimum atomic E-state index is -1.03. The Kier molecular flexibility index (Phi) is 2.46.